The first kappa shape index (κ1) is 20.1. The molecule has 0 bridgehead atoms. The number of thiophene rings is 1. The summed E-state index contributed by atoms with van der Waals surface area (Å²) in [5.74, 6) is -1.20. The Hall–Kier alpha value is -2.67. The van der Waals surface area contributed by atoms with Crippen molar-refractivity contribution in [1.82, 2.24) is 0 Å². The summed E-state index contributed by atoms with van der Waals surface area (Å²) >= 11 is 1.43. The van der Waals surface area contributed by atoms with Crippen molar-refractivity contribution in [1.29, 1.82) is 0 Å². The van der Waals surface area contributed by atoms with Gasteiger partial charge in [0.1, 0.15) is 11.4 Å². The molecule has 148 valence electrons. The first-order valence-corrected chi connectivity index (χ1v) is 10.3. The zero-order valence-corrected chi connectivity index (χ0v) is 17.1. The molecule has 1 atom stereocenters. The molecule has 7 heteroatoms. The topological polar surface area (TPSA) is 75.7 Å². The smallest absolute Gasteiger partial charge is 0.349 e. The number of rotatable bonds is 6. The summed E-state index contributed by atoms with van der Waals surface area (Å²) < 4.78 is 5.44. The molecule has 2 heterocycles. The van der Waals surface area contributed by atoms with Gasteiger partial charge >= 0.3 is 5.97 Å². The molecule has 1 aliphatic heterocycles. The molecule has 1 aromatic carbocycles. The van der Waals surface area contributed by atoms with Crippen molar-refractivity contribution in [2.45, 2.75) is 46.1 Å². The van der Waals surface area contributed by atoms with Crippen molar-refractivity contribution in [3.8, 4) is 0 Å². The number of carbonyl (C=O) groups is 3. The number of ether oxygens (including phenoxy) is 1. The van der Waals surface area contributed by atoms with Gasteiger partial charge in [-0.3, -0.25) is 14.5 Å². The van der Waals surface area contributed by atoms with Crippen molar-refractivity contribution in [3.05, 3.63) is 45.6 Å². The maximum absolute atomic E-state index is 12.9. The van der Waals surface area contributed by atoms with E-state index >= 15 is 0 Å². The highest BCUT2D eigenvalue weighted by Crippen LogP contribution is 2.30. The van der Waals surface area contributed by atoms with Gasteiger partial charge in [0.15, 0.2) is 6.10 Å². The van der Waals surface area contributed by atoms with Crippen LogP contribution in [0, 0.1) is 0 Å². The van der Waals surface area contributed by atoms with Gasteiger partial charge in [-0.15, -0.1) is 11.3 Å². The number of benzene rings is 1. The third-order valence-electron chi connectivity index (χ3n) is 4.62. The minimum atomic E-state index is -0.992. The molecular weight excluding hydrogens is 376 g/mol. The van der Waals surface area contributed by atoms with Gasteiger partial charge in [0.05, 0.1) is 11.4 Å². The third kappa shape index (κ3) is 4.09. The normalized spacial score (nSPS) is 14.2. The van der Waals surface area contributed by atoms with Gasteiger partial charge in [0.25, 0.3) is 5.91 Å². The number of esters is 1. The molecule has 6 nitrogen and oxygen atoms in total. The van der Waals surface area contributed by atoms with E-state index < -0.39 is 18.0 Å². The first-order valence-electron chi connectivity index (χ1n) is 9.47. The third-order valence-corrected chi connectivity index (χ3v) is 5.84. The SMILES string of the molecule is CCCc1sc(C(=O)O[C@H](C)C(=O)N2CC(=O)Nc3ccccc32)cc1CC. The van der Waals surface area contributed by atoms with Crippen LogP contribution in [0.3, 0.4) is 0 Å². The van der Waals surface area contributed by atoms with E-state index in [0.717, 1.165) is 24.8 Å². The predicted octanol–water partition coefficient (Wildman–Crippen LogP) is 3.79. The Morgan fingerprint density at radius 1 is 1.29 bits per heavy atom. The molecule has 2 aromatic rings. The lowest BCUT2D eigenvalue weighted by atomic mass is 10.1. The van der Waals surface area contributed by atoms with E-state index in [4.69, 9.17) is 4.74 Å². The average Bonchev–Trinajstić information content (AvgIpc) is 3.10. The number of aryl methyl sites for hydroxylation is 2. The van der Waals surface area contributed by atoms with E-state index in [-0.39, 0.29) is 12.5 Å². The molecule has 0 radical (unpaired) electrons. The van der Waals surface area contributed by atoms with Crippen LogP contribution in [0.5, 0.6) is 0 Å². The van der Waals surface area contributed by atoms with Gasteiger partial charge in [-0.05, 0) is 43.5 Å². The van der Waals surface area contributed by atoms with Crippen LogP contribution in [0.25, 0.3) is 0 Å². The number of para-hydroxylation sites is 2. The Morgan fingerprint density at radius 3 is 2.75 bits per heavy atom. The Bertz CT molecular complexity index is 906. The van der Waals surface area contributed by atoms with Crippen LogP contribution >= 0.6 is 11.3 Å². The molecular formula is C21H24N2O4S. The van der Waals surface area contributed by atoms with Gasteiger partial charge in [-0.2, -0.15) is 0 Å². The molecule has 0 saturated heterocycles. The summed E-state index contributed by atoms with van der Waals surface area (Å²) in [6.07, 6.45) is 1.80. The van der Waals surface area contributed by atoms with Crippen LogP contribution in [0.4, 0.5) is 11.4 Å². The van der Waals surface area contributed by atoms with E-state index in [0.29, 0.717) is 16.3 Å². The van der Waals surface area contributed by atoms with Crippen LogP contribution in [0.1, 0.15) is 47.3 Å². The number of nitrogens with zero attached hydrogens (tertiary/aromatic N) is 1. The molecule has 0 fully saturated rings. The lowest BCUT2D eigenvalue weighted by molar-refractivity contribution is -0.128. The van der Waals surface area contributed by atoms with Crippen molar-refractivity contribution >= 4 is 40.5 Å². The lowest BCUT2D eigenvalue weighted by Gasteiger charge is -2.30. The van der Waals surface area contributed by atoms with E-state index in [9.17, 15) is 14.4 Å². The number of hydrogen-bond acceptors (Lipinski definition) is 5. The van der Waals surface area contributed by atoms with E-state index in [1.165, 1.54) is 28.0 Å². The number of carbonyl (C=O) groups excluding carboxylic acids is 3. The highest BCUT2D eigenvalue weighted by atomic mass is 32.1. The molecule has 0 unspecified atom stereocenters. The molecule has 0 aliphatic carbocycles. The van der Waals surface area contributed by atoms with Crippen LogP contribution in [0.15, 0.2) is 30.3 Å². The summed E-state index contributed by atoms with van der Waals surface area (Å²) in [7, 11) is 0. The van der Waals surface area contributed by atoms with Crippen molar-refractivity contribution in [3.63, 3.8) is 0 Å². The monoisotopic (exact) mass is 400 g/mol. The lowest BCUT2D eigenvalue weighted by Crippen LogP contribution is -2.47. The number of hydrogen-bond donors (Lipinski definition) is 1. The second-order valence-corrected chi connectivity index (χ2v) is 7.84. The fraction of sp³-hybridized carbons (Fsp3) is 0.381. The van der Waals surface area contributed by atoms with Crippen molar-refractivity contribution in [2.75, 3.05) is 16.8 Å². The number of anilines is 2. The second-order valence-electron chi connectivity index (χ2n) is 6.70. The summed E-state index contributed by atoms with van der Waals surface area (Å²) in [6.45, 7) is 5.60. The maximum Gasteiger partial charge on any atom is 0.349 e. The minimum absolute atomic E-state index is 0.0998. The molecule has 0 spiro atoms. The van der Waals surface area contributed by atoms with Gasteiger partial charge in [0.2, 0.25) is 5.91 Å². The number of nitrogens with one attached hydrogen (secondary N) is 1. The van der Waals surface area contributed by atoms with Crippen molar-refractivity contribution < 1.29 is 19.1 Å². The van der Waals surface area contributed by atoms with Crippen LogP contribution in [-0.4, -0.2) is 30.4 Å². The predicted molar refractivity (Wildman–Crippen MR) is 110 cm³/mol. The average molecular weight is 401 g/mol. The summed E-state index contributed by atoms with van der Waals surface area (Å²) in [4.78, 5) is 40.4. The molecule has 0 saturated carbocycles. The highest BCUT2D eigenvalue weighted by molar-refractivity contribution is 7.14. The van der Waals surface area contributed by atoms with Gasteiger partial charge in [0, 0.05) is 4.88 Å². The summed E-state index contributed by atoms with van der Waals surface area (Å²) in [5.41, 5.74) is 2.32. The largest absolute Gasteiger partial charge is 0.448 e. The van der Waals surface area contributed by atoms with E-state index in [1.54, 1.807) is 24.3 Å². The fourth-order valence-electron chi connectivity index (χ4n) is 3.22. The van der Waals surface area contributed by atoms with Gasteiger partial charge < -0.3 is 10.1 Å². The van der Waals surface area contributed by atoms with E-state index in [2.05, 4.69) is 19.2 Å². The molecule has 2 amide bonds. The summed E-state index contributed by atoms with van der Waals surface area (Å²) in [5, 5.41) is 2.74. The van der Waals surface area contributed by atoms with Crippen LogP contribution < -0.4 is 10.2 Å². The minimum Gasteiger partial charge on any atom is -0.448 e. The number of fused-ring (bicyclic) bond motifs is 1. The zero-order valence-electron chi connectivity index (χ0n) is 16.3. The van der Waals surface area contributed by atoms with Gasteiger partial charge in [-0.25, -0.2) is 4.79 Å². The molecule has 3 rings (SSSR count). The fourth-order valence-corrected chi connectivity index (χ4v) is 4.46. The van der Waals surface area contributed by atoms with Crippen LogP contribution in [-0.2, 0) is 27.2 Å². The van der Waals surface area contributed by atoms with Gasteiger partial charge in [-0.1, -0.05) is 32.4 Å². The Balaban J connectivity index is 1.74. The Morgan fingerprint density at radius 2 is 2.04 bits per heavy atom. The standard InChI is InChI=1S/C21H24N2O4S/c1-4-8-17-14(5-2)11-18(28-17)21(26)27-13(3)20(25)23-12-19(24)22-15-9-6-7-10-16(15)23/h6-7,9-11,13H,4-5,8,12H2,1-3H3,(H,22,24)/t13-/m1/s1. The Kier molecular flexibility index (Phi) is 6.14. The first-order chi connectivity index (χ1) is 13.4. The number of amides is 2. The van der Waals surface area contributed by atoms with E-state index in [1.807, 2.05) is 6.07 Å². The van der Waals surface area contributed by atoms with Crippen molar-refractivity contribution in [2.24, 2.45) is 0 Å². The molecule has 1 aliphatic rings. The van der Waals surface area contributed by atoms with Crippen LogP contribution in [0.2, 0.25) is 0 Å². The second kappa shape index (κ2) is 8.56. The molecule has 1 N–H and O–H groups in total. The zero-order chi connectivity index (χ0) is 20.3. The highest BCUT2D eigenvalue weighted by Gasteiger charge is 2.31. The quantitative estimate of drug-likeness (QED) is 0.749. The molecule has 1 aromatic heterocycles. The maximum atomic E-state index is 12.9. The summed E-state index contributed by atoms with van der Waals surface area (Å²) in [6, 6.07) is 8.92. The molecule has 28 heavy (non-hydrogen) atoms. The Labute approximate surface area is 168 Å².